The fraction of sp³-hybridized carbons (Fsp3) is 0.625. The van der Waals surface area contributed by atoms with Gasteiger partial charge < -0.3 is 11.1 Å². The molecule has 2 rings (SSSR count). The average molecular weight is 246 g/mol. The smallest absolute Gasteiger partial charge is 0.0324 e. The van der Waals surface area contributed by atoms with Gasteiger partial charge in [-0.3, -0.25) is 0 Å². The van der Waals surface area contributed by atoms with Gasteiger partial charge in [0.1, 0.15) is 0 Å². The predicted octanol–water partition coefficient (Wildman–Crippen LogP) is 2.88. The van der Waals surface area contributed by atoms with Crippen molar-refractivity contribution < 1.29 is 0 Å². The van der Waals surface area contributed by atoms with Crippen molar-refractivity contribution in [1.29, 1.82) is 0 Å². The van der Waals surface area contributed by atoms with E-state index in [2.05, 4.69) is 43.4 Å². The van der Waals surface area contributed by atoms with Gasteiger partial charge in [0.15, 0.2) is 0 Å². The highest BCUT2D eigenvalue weighted by molar-refractivity contribution is 5.25. The number of rotatable bonds is 4. The second-order valence-electron chi connectivity index (χ2n) is 5.95. The van der Waals surface area contributed by atoms with Crippen molar-refractivity contribution >= 4 is 0 Å². The topological polar surface area (TPSA) is 38.0 Å². The van der Waals surface area contributed by atoms with Gasteiger partial charge in [-0.2, -0.15) is 0 Å². The Morgan fingerprint density at radius 2 is 1.78 bits per heavy atom. The maximum Gasteiger partial charge on any atom is 0.0324 e. The summed E-state index contributed by atoms with van der Waals surface area (Å²) in [6.45, 7) is 6.75. The van der Waals surface area contributed by atoms with Crippen molar-refractivity contribution in [3.63, 3.8) is 0 Å². The Morgan fingerprint density at radius 1 is 1.17 bits per heavy atom. The minimum absolute atomic E-state index is 0.209. The summed E-state index contributed by atoms with van der Waals surface area (Å²) in [5.74, 6) is 1.36. The normalized spacial score (nSPS) is 19.1. The zero-order chi connectivity index (χ0) is 13.0. The van der Waals surface area contributed by atoms with E-state index in [9.17, 15) is 0 Å². The van der Waals surface area contributed by atoms with Crippen LogP contribution in [0, 0.1) is 11.8 Å². The molecule has 1 unspecified atom stereocenters. The molecule has 0 radical (unpaired) electrons. The molecule has 0 bridgehead atoms. The highest BCUT2D eigenvalue weighted by atomic mass is 14.9. The van der Waals surface area contributed by atoms with Crippen molar-refractivity contribution in [3.8, 4) is 0 Å². The van der Waals surface area contributed by atoms with Crippen LogP contribution in [-0.4, -0.2) is 13.1 Å². The fourth-order valence-corrected chi connectivity index (χ4v) is 2.82. The number of hydrogen-bond acceptors (Lipinski definition) is 2. The zero-order valence-electron chi connectivity index (χ0n) is 11.7. The van der Waals surface area contributed by atoms with Gasteiger partial charge in [0, 0.05) is 6.04 Å². The maximum absolute atomic E-state index is 6.39. The molecule has 1 heterocycles. The van der Waals surface area contributed by atoms with E-state index < -0.39 is 0 Å². The van der Waals surface area contributed by atoms with Crippen molar-refractivity contribution in [3.05, 3.63) is 35.4 Å². The molecule has 1 atom stereocenters. The maximum atomic E-state index is 6.39. The Kier molecular flexibility index (Phi) is 4.79. The van der Waals surface area contributed by atoms with E-state index in [0.29, 0.717) is 11.8 Å². The lowest BCUT2D eigenvalue weighted by molar-refractivity contribution is 0.322. The van der Waals surface area contributed by atoms with E-state index in [1.165, 1.54) is 24.0 Å². The lowest BCUT2D eigenvalue weighted by Crippen LogP contribution is -2.33. The van der Waals surface area contributed by atoms with Crippen LogP contribution in [0.4, 0.5) is 0 Å². The second-order valence-corrected chi connectivity index (χ2v) is 5.95. The molecule has 3 N–H and O–H groups in total. The van der Waals surface area contributed by atoms with Gasteiger partial charge in [0.2, 0.25) is 0 Å². The summed E-state index contributed by atoms with van der Waals surface area (Å²) in [5, 5.41) is 3.40. The molecule has 1 aliphatic heterocycles. The molecule has 1 fully saturated rings. The third kappa shape index (κ3) is 3.56. The van der Waals surface area contributed by atoms with Crippen LogP contribution < -0.4 is 11.1 Å². The lowest BCUT2D eigenvalue weighted by Gasteiger charge is -2.28. The summed E-state index contributed by atoms with van der Waals surface area (Å²) >= 11 is 0. The van der Waals surface area contributed by atoms with E-state index in [1.807, 2.05) is 0 Å². The van der Waals surface area contributed by atoms with Crippen LogP contribution in [0.5, 0.6) is 0 Å². The standard InChI is InChI=1S/C16H26N2/c1-12(2)11-13-3-5-14(6-4-13)16(17)15-7-9-18-10-8-15/h3-6,12,15-16,18H,7-11,17H2,1-2H3. The molecule has 0 aliphatic carbocycles. The zero-order valence-corrected chi connectivity index (χ0v) is 11.7. The predicted molar refractivity (Wildman–Crippen MR) is 77.5 cm³/mol. The van der Waals surface area contributed by atoms with Gasteiger partial charge in [-0.1, -0.05) is 38.1 Å². The number of piperidine rings is 1. The third-order valence-electron chi connectivity index (χ3n) is 3.90. The molecule has 1 aromatic carbocycles. The largest absolute Gasteiger partial charge is 0.324 e. The first-order valence-electron chi connectivity index (χ1n) is 7.22. The van der Waals surface area contributed by atoms with Crippen LogP contribution in [0.2, 0.25) is 0 Å². The van der Waals surface area contributed by atoms with Crippen molar-refractivity contribution in [2.75, 3.05) is 13.1 Å². The molecular weight excluding hydrogens is 220 g/mol. The van der Waals surface area contributed by atoms with Crippen LogP contribution >= 0.6 is 0 Å². The Labute approximate surface area is 111 Å². The highest BCUT2D eigenvalue weighted by Gasteiger charge is 2.21. The summed E-state index contributed by atoms with van der Waals surface area (Å²) < 4.78 is 0. The summed E-state index contributed by atoms with van der Waals surface area (Å²) in [4.78, 5) is 0. The summed E-state index contributed by atoms with van der Waals surface area (Å²) in [5.41, 5.74) is 9.12. The van der Waals surface area contributed by atoms with Crippen LogP contribution in [0.25, 0.3) is 0 Å². The Bertz CT molecular complexity index is 350. The first-order chi connectivity index (χ1) is 8.66. The van der Waals surface area contributed by atoms with Crippen LogP contribution in [-0.2, 0) is 6.42 Å². The Balaban J connectivity index is 1.99. The van der Waals surface area contributed by atoms with E-state index in [-0.39, 0.29) is 6.04 Å². The molecule has 0 aromatic heterocycles. The van der Waals surface area contributed by atoms with E-state index in [1.54, 1.807) is 0 Å². The molecule has 2 nitrogen and oxygen atoms in total. The second kappa shape index (κ2) is 6.35. The van der Waals surface area contributed by atoms with Crippen molar-refractivity contribution in [1.82, 2.24) is 5.32 Å². The molecule has 0 saturated carbocycles. The number of nitrogens with one attached hydrogen (secondary N) is 1. The van der Waals surface area contributed by atoms with Gasteiger partial charge >= 0.3 is 0 Å². The summed E-state index contributed by atoms with van der Waals surface area (Å²) in [6, 6.07) is 9.15. The fourth-order valence-electron chi connectivity index (χ4n) is 2.82. The molecule has 1 saturated heterocycles. The van der Waals surface area contributed by atoms with E-state index in [4.69, 9.17) is 5.73 Å². The molecule has 18 heavy (non-hydrogen) atoms. The molecule has 100 valence electrons. The number of benzene rings is 1. The molecule has 0 spiro atoms. The number of nitrogens with two attached hydrogens (primary N) is 1. The third-order valence-corrected chi connectivity index (χ3v) is 3.90. The molecule has 1 aliphatic rings. The van der Waals surface area contributed by atoms with E-state index >= 15 is 0 Å². The molecule has 0 amide bonds. The first-order valence-corrected chi connectivity index (χ1v) is 7.22. The molecule has 2 heteroatoms. The van der Waals surface area contributed by atoms with Crippen LogP contribution in [0.1, 0.15) is 43.9 Å². The minimum atomic E-state index is 0.209. The van der Waals surface area contributed by atoms with Gasteiger partial charge in [-0.25, -0.2) is 0 Å². The van der Waals surface area contributed by atoms with Gasteiger partial charge in [-0.15, -0.1) is 0 Å². The Hall–Kier alpha value is -0.860. The summed E-state index contributed by atoms with van der Waals surface area (Å²) in [7, 11) is 0. The van der Waals surface area contributed by atoms with E-state index in [0.717, 1.165) is 19.5 Å². The first kappa shape index (κ1) is 13.6. The van der Waals surface area contributed by atoms with Gasteiger partial charge in [0.25, 0.3) is 0 Å². The molecular formula is C16H26N2. The van der Waals surface area contributed by atoms with Crippen LogP contribution in [0.15, 0.2) is 24.3 Å². The van der Waals surface area contributed by atoms with Crippen LogP contribution in [0.3, 0.4) is 0 Å². The molecule has 1 aromatic rings. The Morgan fingerprint density at radius 3 is 2.33 bits per heavy atom. The quantitative estimate of drug-likeness (QED) is 0.857. The van der Waals surface area contributed by atoms with Crippen molar-refractivity contribution in [2.45, 2.75) is 39.2 Å². The monoisotopic (exact) mass is 246 g/mol. The SMILES string of the molecule is CC(C)Cc1ccc(C(N)C2CCNCC2)cc1. The van der Waals surface area contributed by atoms with Gasteiger partial charge in [0.05, 0.1) is 0 Å². The minimum Gasteiger partial charge on any atom is -0.324 e. The lowest BCUT2D eigenvalue weighted by atomic mass is 9.86. The van der Waals surface area contributed by atoms with Crippen molar-refractivity contribution in [2.24, 2.45) is 17.6 Å². The number of hydrogen-bond donors (Lipinski definition) is 2. The summed E-state index contributed by atoms with van der Waals surface area (Å²) in [6.07, 6.45) is 3.56. The highest BCUT2D eigenvalue weighted by Crippen LogP contribution is 2.27. The average Bonchev–Trinajstić information content (AvgIpc) is 2.39. The van der Waals surface area contributed by atoms with Gasteiger partial charge in [-0.05, 0) is 55.3 Å².